The normalized spacial score (nSPS) is 10.7. The highest BCUT2D eigenvalue weighted by atomic mass is 79.9. The van der Waals surface area contributed by atoms with Crippen LogP contribution in [0.1, 0.15) is 11.1 Å². The summed E-state index contributed by atoms with van der Waals surface area (Å²) >= 11 is 6.53. The van der Waals surface area contributed by atoms with Gasteiger partial charge in [0.25, 0.3) is 5.56 Å². The average Bonchev–Trinajstić information content (AvgIpc) is 2.54. The minimum absolute atomic E-state index is 0.0105. The molecular weight excluding hydrogens is 426 g/mol. The van der Waals surface area contributed by atoms with Gasteiger partial charge in [-0.05, 0) is 61.7 Å². The molecule has 1 N–H and O–H groups in total. The number of nitrogens with zero attached hydrogens (tertiary/aromatic N) is 3. The van der Waals surface area contributed by atoms with E-state index < -0.39 is 0 Å². The molecule has 7 heteroatoms. The van der Waals surface area contributed by atoms with Crippen LogP contribution in [0.4, 0.5) is 0 Å². The molecule has 0 aliphatic carbocycles. The molecule has 0 aliphatic rings. The van der Waals surface area contributed by atoms with Crippen molar-refractivity contribution in [2.45, 2.75) is 6.54 Å². The highest BCUT2D eigenvalue weighted by Gasteiger charge is 2.12. The Morgan fingerprint density at radius 1 is 1.22 bits per heavy atom. The summed E-state index contributed by atoms with van der Waals surface area (Å²) in [5.74, 6) is -0.0105. The van der Waals surface area contributed by atoms with Crippen molar-refractivity contribution in [3.8, 4) is 11.8 Å². The van der Waals surface area contributed by atoms with Crippen LogP contribution in [0.25, 0.3) is 10.9 Å². The third-order valence-corrected chi connectivity index (χ3v) is 4.64. The molecule has 2 aromatic carbocycles. The van der Waals surface area contributed by atoms with E-state index in [1.54, 1.807) is 30.3 Å². The Balaban J connectivity index is 2.12. The van der Waals surface area contributed by atoms with Gasteiger partial charge in [-0.1, -0.05) is 12.1 Å². The van der Waals surface area contributed by atoms with Crippen molar-refractivity contribution in [1.29, 1.82) is 5.26 Å². The number of hydrogen-bond acceptors (Lipinski definition) is 4. The first-order valence-corrected chi connectivity index (χ1v) is 8.16. The standard InChI is InChI=1S/C16H9Br2N3O2/c17-12-6-13-11(5-14(12)22)15(23)21(16(18)20-13)8-10-3-1-9(7-19)2-4-10/h1-6,22H,8H2. The Hall–Kier alpha value is -2.17. The van der Waals surface area contributed by atoms with Crippen LogP contribution in [0, 0.1) is 11.3 Å². The van der Waals surface area contributed by atoms with Gasteiger partial charge in [0, 0.05) is 0 Å². The minimum Gasteiger partial charge on any atom is -0.507 e. The molecule has 114 valence electrons. The van der Waals surface area contributed by atoms with Gasteiger partial charge in [0.05, 0.1) is 33.6 Å². The molecule has 0 saturated heterocycles. The molecule has 5 nitrogen and oxygen atoms in total. The van der Waals surface area contributed by atoms with Crippen molar-refractivity contribution in [1.82, 2.24) is 9.55 Å². The van der Waals surface area contributed by atoms with E-state index in [1.165, 1.54) is 10.6 Å². The van der Waals surface area contributed by atoms with Crippen LogP contribution in [-0.2, 0) is 6.54 Å². The van der Waals surface area contributed by atoms with E-state index in [-0.39, 0.29) is 11.3 Å². The van der Waals surface area contributed by atoms with Crippen LogP contribution < -0.4 is 5.56 Å². The lowest BCUT2D eigenvalue weighted by Crippen LogP contribution is -2.23. The van der Waals surface area contributed by atoms with E-state index in [0.717, 1.165) is 5.56 Å². The molecule has 0 spiro atoms. The maximum absolute atomic E-state index is 12.7. The zero-order chi connectivity index (χ0) is 16.6. The molecule has 0 atom stereocenters. The van der Waals surface area contributed by atoms with Crippen LogP contribution in [0.2, 0.25) is 0 Å². The number of halogens is 2. The topological polar surface area (TPSA) is 78.9 Å². The second kappa shape index (κ2) is 6.14. The van der Waals surface area contributed by atoms with E-state index in [0.29, 0.717) is 32.2 Å². The van der Waals surface area contributed by atoms with Crippen molar-refractivity contribution in [3.05, 3.63) is 67.1 Å². The summed E-state index contributed by atoms with van der Waals surface area (Å²) in [5.41, 5.74) is 1.66. The summed E-state index contributed by atoms with van der Waals surface area (Å²) in [6.07, 6.45) is 0. The zero-order valence-corrected chi connectivity index (χ0v) is 14.8. The zero-order valence-electron chi connectivity index (χ0n) is 11.6. The van der Waals surface area contributed by atoms with Gasteiger partial charge in [-0.15, -0.1) is 0 Å². The highest BCUT2D eigenvalue weighted by Crippen LogP contribution is 2.27. The van der Waals surface area contributed by atoms with Gasteiger partial charge in [0.1, 0.15) is 5.75 Å². The maximum atomic E-state index is 12.7. The Morgan fingerprint density at radius 3 is 2.57 bits per heavy atom. The lowest BCUT2D eigenvalue weighted by molar-refractivity contribution is 0.472. The van der Waals surface area contributed by atoms with Crippen molar-refractivity contribution < 1.29 is 5.11 Å². The van der Waals surface area contributed by atoms with Gasteiger partial charge in [-0.2, -0.15) is 5.26 Å². The van der Waals surface area contributed by atoms with Crippen LogP contribution in [0.5, 0.6) is 5.75 Å². The smallest absolute Gasteiger partial charge is 0.262 e. The molecule has 23 heavy (non-hydrogen) atoms. The summed E-state index contributed by atoms with van der Waals surface area (Å²) in [6, 6.07) is 12.0. The van der Waals surface area contributed by atoms with Gasteiger partial charge in [0.15, 0.2) is 4.73 Å². The van der Waals surface area contributed by atoms with Crippen molar-refractivity contribution in [2.24, 2.45) is 0 Å². The highest BCUT2D eigenvalue weighted by molar-refractivity contribution is 9.10. The molecule has 0 fully saturated rings. The maximum Gasteiger partial charge on any atom is 0.262 e. The first-order valence-electron chi connectivity index (χ1n) is 6.57. The van der Waals surface area contributed by atoms with Gasteiger partial charge in [-0.3, -0.25) is 9.36 Å². The minimum atomic E-state index is -0.256. The van der Waals surface area contributed by atoms with Crippen LogP contribution >= 0.6 is 31.9 Å². The fraction of sp³-hybridized carbons (Fsp3) is 0.0625. The number of nitriles is 1. The van der Waals surface area contributed by atoms with Crippen molar-refractivity contribution in [2.75, 3.05) is 0 Å². The Labute approximate surface area is 148 Å². The number of aromatic nitrogens is 2. The molecule has 3 aromatic rings. The molecule has 0 bridgehead atoms. The number of hydrogen-bond donors (Lipinski definition) is 1. The van der Waals surface area contributed by atoms with E-state index in [1.807, 2.05) is 0 Å². The number of benzene rings is 2. The van der Waals surface area contributed by atoms with Gasteiger partial charge >= 0.3 is 0 Å². The number of aromatic hydroxyl groups is 1. The third kappa shape index (κ3) is 3.00. The summed E-state index contributed by atoms with van der Waals surface area (Å²) in [4.78, 5) is 17.0. The first kappa shape index (κ1) is 15.7. The van der Waals surface area contributed by atoms with Crippen molar-refractivity contribution >= 4 is 42.8 Å². The van der Waals surface area contributed by atoms with Crippen LogP contribution in [0.3, 0.4) is 0 Å². The Kier molecular flexibility index (Phi) is 4.20. The number of fused-ring (bicyclic) bond motifs is 1. The van der Waals surface area contributed by atoms with E-state index in [9.17, 15) is 9.90 Å². The molecule has 0 amide bonds. The average molecular weight is 435 g/mol. The monoisotopic (exact) mass is 433 g/mol. The Morgan fingerprint density at radius 2 is 1.91 bits per heavy atom. The van der Waals surface area contributed by atoms with Crippen molar-refractivity contribution in [3.63, 3.8) is 0 Å². The number of phenols is 1. The fourth-order valence-electron chi connectivity index (χ4n) is 2.21. The van der Waals surface area contributed by atoms with Gasteiger partial charge in [0.2, 0.25) is 0 Å². The largest absolute Gasteiger partial charge is 0.507 e. The van der Waals surface area contributed by atoms with Gasteiger partial charge < -0.3 is 5.11 Å². The fourth-order valence-corrected chi connectivity index (χ4v) is 3.02. The lowest BCUT2D eigenvalue weighted by Gasteiger charge is -2.10. The van der Waals surface area contributed by atoms with E-state index in [4.69, 9.17) is 5.26 Å². The Bertz CT molecular complexity index is 1000. The number of rotatable bonds is 2. The van der Waals surface area contributed by atoms with Crippen LogP contribution in [0.15, 0.2) is 50.4 Å². The lowest BCUT2D eigenvalue weighted by atomic mass is 10.1. The molecule has 3 rings (SSSR count). The third-order valence-electron chi connectivity index (χ3n) is 3.40. The van der Waals surface area contributed by atoms with Gasteiger partial charge in [-0.25, -0.2) is 4.98 Å². The second-order valence-electron chi connectivity index (χ2n) is 4.90. The predicted octanol–water partition coefficient (Wildman–Crippen LogP) is 3.55. The first-order chi connectivity index (χ1) is 11.0. The van der Waals surface area contributed by atoms with Crippen LogP contribution in [-0.4, -0.2) is 14.7 Å². The van der Waals surface area contributed by atoms with E-state index >= 15 is 0 Å². The molecule has 0 radical (unpaired) electrons. The SMILES string of the molecule is N#Cc1ccc(Cn2c(Br)nc3cc(Br)c(O)cc3c2=O)cc1. The summed E-state index contributed by atoms with van der Waals surface area (Å²) in [7, 11) is 0. The molecule has 0 unspecified atom stereocenters. The predicted molar refractivity (Wildman–Crippen MR) is 93.3 cm³/mol. The molecular formula is C16H9Br2N3O2. The molecule has 0 aliphatic heterocycles. The molecule has 1 aromatic heterocycles. The summed E-state index contributed by atoms with van der Waals surface area (Å²) in [6.45, 7) is 0.310. The summed E-state index contributed by atoms with van der Waals surface area (Å²) in [5, 5.41) is 18.9. The summed E-state index contributed by atoms with van der Waals surface area (Å²) < 4.78 is 2.35. The quantitative estimate of drug-likeness (QED) is 0.625. The van der Waals surface area contributed by atoms with E-state index in [2.05, 4.69) is 42.9 Å². The molecule has 1 heterocycles. The number of phenolic OH excluding ortho intramolecular Hbond substituents is 1. The second-order valence-corrected chi connectivity index (χ2v) is 6.47. The molecule has 0 saturated carbocycles.